The van der Waals surface area contributed by atoms with E-state index in [1.165, 1.54) is 5.56 Å². The van der Waals surface area contributed by atoms with Crippen LogP contribution in [0, 0.1) is 5.41 Å². The molecule has 0 saturated carbocycles. The maximum atomic E-state index is 9.52. The summed E-state index contributed by atoms with van der Waals surface area (Å²) in [6, 6.07) is 7.66. The van der Waals surface area contributed by atoms with Crippen molar-refractivity contribution in [3.8, 4) is 5.75 Å². The van der Waals surface area contributed by atoms with E-state index in [2.05, 4.69) is 41.0 Å². The quantitative estimate of drug-likeness (QED) is 0.707. The van der Waals surface area contributed by atoms with E-state index in [4.69, 9.17) is 0 Å². The normalized spacial score (nSPS) is 26.4. The highest BCUT2D eigenvalue weighted by atomic mass is 16.3. The van der Waals surface area contributed by atoms with Gasteiger partial charge >= 0.3 is 0 Å². The Morgan fingerprint density at radius 1 is 1.25 bits per heavy atom. The Hall–Kier alpha value is -0.915. The van der Waals surface area contributed by atoms with Crippen LogP contribution in [-0.2, 0) is 0 Å². The summed E-state index contributed by atoms with van der Waals surface area (Å²) >= 11 is 0. The fraction of sp³-hybridized carbons (Fsp3) is 0.571. The van der Waals surface area contributed by atoms with Gasteiger partial charge < -0.3 is 5.11 Å². The number of benzene rings is 1. The van der Waals surface area contributed by atoms with Crippen molar-refractivity contribution in [3.63, 3.8) is 0 Å². The Morgan fingerprint density at radius 2 is 1.94 bits per heavy atom. The lowest BCUT2D eigenvalue weighted by Crippen LogP contribution is -2.23. The number of rotatable bonds is 1. The van der Waals surface area contributed by atoms with Crippen molar-refractivity contribution in [2.24, 2.45) is 5.41 Å². The number of hydrogen-bond donors (Lipinski definition) is 1. The van der Waals surface area contributed by atoms with Crippen molar-refractivity contribution in [2.45, 2.75) is 45.2 Å². The van der Waals surface area contributed by atoms with Gasteiger partial charge in [-0.15, -0.1) is 0 Å². The molecule has 1 saturated heterocycles. The van der Waals surface area contributed by atoms with Crippen molar-refractivity contribution >= 4 is 7.28 Å². The predicted octanol–water partition coefficient (Wildman–Crippen LogP) is 3.77. The summed E-state index contributed by atoms with van der Waals surface area (Å²) in [4.78, 5) is 0. The Bertz CT molecular complexity index is 379. The van der Waals surface area contributed by atoms with Crippen LogP contribution in [0.15, 0.2) is 24.3 Å². The van der Waals surface area contributed by atoms with E-state index >= 15 is 0 Å². The first-order valence-electron chi connectivity index (χ1n) is 5.97. The Morgan fingerprint density at radius 3 is 2.44 bits per heavy atom. The van der Waals surface area contributed by atoms with Crippen molar-refractivity contribution in [1.29, 1.82) is 0 Å². The van der Waals surface area contributed by atoms with E-state index in [-0.39, 0.29) is 5.31 Å². The first kappa shape index (κ1) is 11.6. The van der Waals surface area contributed by atoms with Gasteiger partial charge in [-0.1, -0.05) is 45.1 Å². The Balaban J connectivity index is 2.27. The summed E-state index contributed by atoms with van der Waals surface area (Å²) in [6.07, 6.45) is 1.16. The largest absolute Gasteiger partial charge is 0.508 e. The molecule has 2 rings (SSSR count). The molecular weight excluding hydrogens is 195 g/mol. The molecule has 1 unspecified atom stereocenters. The summed E-state index contributed by atoms with van der Waals surface area (Å²) < 4.78 is 0. The second kappa shape index (κ2) is 3.54. The van der Waals surface area contributed by atoms with Crippen molar-refractivity contribution in [1.82, 2.24) is 0 Å². The number of phenols is 1. The minimum absolute atomic E-state index is 0.253. The van der Waals surface area contributed by atoms with E-state index in [1.54, 1.807) is 6.07 Å². The maximum Gasteiger partial charge on any atom is 0.127 e. The minimum atomic E-state index is 0.253. The smallest absolute Gasteiger partial charge is 0.127 e. The average molecular weight is 215 g/mol. The van der Waals surface area contributed by atoms with Crippen LogP contribution < -0.4 is 0 Å². The third-order valence-corrected chi connectivity index (χ3v) is 4.39. The van der Waals surface area contributed by atoms with Gasteiger partial charge in [0.1, 0.15) is 13.0 Å². The second-order valence-corrected chi connectivity index (χ2v) is 6.18. The van der Waals surface area contributed by atoms with Gasteiger partial charge in [-0.3, -0.25) is 0 Å². The van der Waals surface area contributed by atoms with Gasteiger partial charge in [-0.05, 0) is 35.3 Å². The molecule has 0 bridgehead atoms. The monoisotopic (exact) mass is 215 g/mol. The zero-order valence-corrected chi connectivity index (χ0v) is 10.6. The molecular formula is C14H20BO. The minimum Gasteiger partial charge on any atom is -0.508 e. The van der Waals surface area contributed by atoms with Gasteiger partial charge in [0.15, 0.2) is 0 Å². The molecule has 2 heteroatoms. The van der Waals surface area contributed by atoms with E-state index in [9.17, 15) is 5.11 Å². The van der Waals surface area contributed by atoms with Crippen LogP contribution >= 0.6 is 0 Å². The first-order valence-corrected chi connectivity index (χ1v) is 5.97. The molecule has 1 heterocycles. The van der Waals surface area contributed by atoms with E-state index in [0.717, 1.165) is 6.42 Å². The lowest BCUT2D eigenvalue weighted by molar-refractivity contribution is 0.272. The molecule has 1 aromatic rings. The standard InChI is InChI=1S/C14H20BO/c1-13(2)9-12(15-14(13,3)4)10-6-5-7-11(16)8-10/h5-8,12,16H,9H2,1-4H3. The van der Waals surface area contributed by atoms with Crippen LogP contribution in [0.3, 0.4) is 0 Å². The van der Waals surface area contributed by atoms with Crippen molar-refractivity contribution in [2.75, 3.05) is 0 Å². The molecule has 1 atom stereocenters. The second-order valence-electron chi connectivity index (χ2n) is 6.18. The van der Waals surface area contributed by atoms with E-state index in [1.807, 2.05) is 12.1 Å². The fourth-order valence-electron chi connectivity index (χ4n) is 2.57. The van der Waals surface area contributed by atoms with Gasteiger partial charge in [0.05, 0.1) is 0 Å². The Labute approximate surface area is 99.1 Å². The summed E-state index contributed by atoms with van der Waals surface area (Å²) in [5.74, 6) is 0.838. The van der Waals surface area contributed by atoms with Crippen LogP contribution in [0.5, 0.6) is 5.75 Å². The van der Waals surface area contributed by atoms with Crippen LogP contribution in [0.1, 0.15) is 45.5 Å². The third-order valence-electron chi connectivity index (χ3n) is 4.39. The van der Waals surface area contributed by atoms with Gasteiger partial charge in [-0.25, -0.2) is 0 Å². The molecule has 1 fully saturated rings. The Kier molecular flexibility index (Phi) is 2.56. The van der Waals surface area contributed by atoms with E-state index < -0.39 is 0 Å². The van der Waals surface area contributed by atoms with Gasteiger partial charge in [0.2, 0.25) is 0 Å². The predicted molar refractivity (Wildman–Crippen MR) is 69.0 cm³/mol. The summed E-state index contributed by atoms with van der Waals surface area (Å²) in [5.41, 5.74) is 1.56. The van der Waals surface area contributed by atoms with Crippen molar-refractivity contribution < 1.29 is 5.11 Å². The molecule has 1 nitrogen and oxygen atoms in total. The number of phenolic OH excluding ortho intramolecular Hbond substituents is 1. The molecule has 1 aliphatic heterocycles. The van der Waals surface area contributed by atoms with E-state index in [0.29, 0.717) is 17.0 Å². The summed E-state index contributed by atoms with van der Waals surface area (Å²) in [6.45, 7) is 9.25. The lowest BCUT2D eigenvalue weighted by Gasteiger charge is -2.34. The third kappa shape index (κ3) is 1.86. The zero-order chi connectivity index (χ0) is 12.0. The summed E-state index contributed by atoms with van der Waals surface area (Å²) in [7, 11) is 2.43. The van der Waals surface area contributed by atoms with Gasteiger partial charge in [0.25, 0.3) is 0 Å². The maximum absolute atomic E-state index is 9.52. The molecule has 0 amide bonds. The molecule has 1 aromatic carbocycles. The molecule has 1 N–H and O–H groups in total. The highest BCUT2D eigenvalue weighted by Crippen LogP contribution is 2.57. The van der Waals surface area contributed by atoms with Crippen LogP contribution in [0.4, 0.5) is 0 Å². The molecule has 0 spiro atoms. The molecule has 1 radical (unpaired) electrons. The number of hydrogen-bond acceptors (Lipinski definition) is 1. The topological polar surface area (TPSA) is 20.2 Å². The van der Waals surface area contributed by atoms with Crippen molar-refractivity contribution in [3.05, 3.63) is 29.8 Å². The fourth-order valence-corrected chi connectivity index (χ4v) is 2.57. The molecule has 0 aromatic heterocycles. The molecule has 85 valence electrons. The van der Waals surface area contributed by atoms with Crippen LogP contribution in [-0.4, -0.2) is 12.4 Å². The highest BCUT2D eigenvalue weighted by molar-refractivity contribution is 6.43. The molecule has 0 aliphatic carbocycles. The average Bonchev–Trinajstić information content (AvgIpc) is 2.36. The lowest BCUT2D eigenvalue weighted by atomic mass is 9.47. The molecule has 16 heavy (non-hydrogen) atoms. The number of aromatic hydroxyl groups is 1. The van der Waals surface area contributed by atoms with Gasteiger partial charge in [-0.2, -0.15) is 0 Å². The van der Waals surface area contributed by atoms with Crippen LogP contribution in [0.25, 0.3) is 0 Å². The first-order chi connectivity index (χ1) is 7.32. The van der Waals surface area contributed by atoms with Gasteiger partial charge in [0, 0.05) is 0 Å². The summed E-state index contributed by atoms with van der Waals surface area (Å²) in [5, 5.41) is 9.77. The zero-order valence-electron chi connectivity index (χ0n) is 10.6. The molecule has 1 aliphatic rings. The van der Waals surface area contributed by atoms with Crippen LogP contribution in [0.2, 0.25) is 5.31 Å². The highest BCUT2D eigenvalue weighted by Gasteiger charge is 2.47. The SMILES string of the molecule is CC1(C)[B]C(c2cccc(O)c2)CC1(C)C.